The Morgan fingerprint density at radius 1 is 1.40 bits per heavy atom. The van der Waals surface area contributed by atoms with Gasteiger partial charge in [0.25, 0.3) is 0 Å². The van der Waals surface area contributed by atoms with Gasteiger partial charge in [-0.1, -0.05) is 22.9 Å². The van der Waals surface area contributed by atoms with Crippen LogP contribution >= 0.6 is 22.9 Å². The molecule has 1 aliphatic heterocycles. The molecule has 2 N–H and O–H groups in total. The number of fused-ring (bicyclic) bond motifs is 1. The van der Waals surface area contributed by atoms with Crippen molar-refractivity contribution in [2.45, 2.75) is 0 Å². The number of nitrogens with one attached hydrogen (secondary N) is 2. The number of hydrogen-bond acceptors (Lipinski definition) is 10. The third kappa shape index (κ3) is 3.62. The van der Waals surface area contributed by atoms with Gasteiger partial charge in [0.05, 0.1) is 43.7 Å². The summed E-state index contributed by atoms with van der Waals surface area (Å²) in [6.07, 6.45) is 3.30. The largest absolute Gasteiger partial charge is 0.496 e. The highest BCUT2D eigenvalue weighted by Gasteiger charge is 2.24. The van der Waals surface area contributed by atoms with Crippen molar-refractivity contribution >= 4 is 45.8 Å². The zero-order valence-electron chi connectivity index (χ0n) is 15.9. The lowest BCUT2D eigenvalue weighted by molar-refractivity contribution is -0.385. The van der Waals surface area contributed by atoms with E-state index in [-0.39, 0.29) is 17.2 Å². The number of aromatic nitrogens is 2. The molecule has 0 spiro atoms. The van der Waals surface area contributed by atoms with Crippen LogP contribution in [-0.2, 0) is 0 Å². The first-order valence-corrected chi connectivity index (χ1v) is 9.87. The summed E-state index contributed by atoms with van der Waals surface area (Å²) < 4.78 is 13.0. The number of ether oxygens (including phenoxy) is 2. The van der Waals surface area contributed by atoms with E-state index in [1.54, 1.807) is 16.8 Å². The highest BCUT2D eigenvalue weighted by molar-refractivity contribution is 7.20. The van der Waals surface area contributed by atoms with Crippen molar-refractivity contribution in [2.24, 2.45) is 10.1 Å². The van der Waals surface area contributed by atoms with Crippen molar-refractivity contribution in [1.29, 1.82) is 0 Å². The van der Waals surface area contributed by atoms with Crippen LogP contribution in [0.25, 0.3) is 16.2 Å². The Morgan fingerprint density at radius 3 is 2.87 bits per heavy atom. The van der Waals surface area contributed by atoms with E-state index >= 15 is 0 Å². The zero-order valence-corrected chi connectivity index (χ0v) is 17.5. The van der Waals surface area contributed by atoms with Gasteiger partial charge in [0.1, 0.15) is 15.8 Å². The first kappa shape index (κ1) is 19.9. The van der Waals surface area contributed by atoms with E-state index < -0.39 is 4.92 Å². The summed E-state index contributed by atoms with van der Waals surface area (Å²) in [6, 6.07) is 2.84. The zero-order chi connectivity index (χ0) is 21.3. The van der Waals surface area contributed by atoms with Gasteiger partial charge in [-0.15, -0.1) is 0 Å². The van der Waals surface area contributed by atoms with Crippen molar-refractivity contribution in [3.05, 3.63) is 38.5 Å². The van der Waals surface area contributed by atoms with Gasteiger partial charge in [-0.2, -0.15) is 5.10 Å². The van der Waals surface area contributed by atoms with Crippen molar-refractivity contribution in [3.63, 3.8) is 0 Å². The second-order valence-electron chi connectivity index (χ2n) is 6.04. The van der Waals surface area contributed by atoms with E-state index in [9.17, 15) is 10.1 Å². The number of imidazole rings is 1. The number of hydrazone groups is 1. The topological polar surface area (TPSA) is 128 Å². The molecule has 2 aromatic heterocycles. The van der Waals surface area contributed by atoms with E-state index in [4.69, 9.17) is 21.1 Å². The van der Waals surface area contributed by atoms with Crippen LogP contribution in [0.3, 0.4) is 0 Å². The monoisotopic (exact) mass is 449 g/mol. The van der Waals surface area contributed by atoms with Gasteiger partial charge in [-0.25, -0.2) is 15.4 Å². The first-order chi connectivity index (χ1) is 14.5. The Morgan fingerprint density at radius 2 is 2.20 bits per heavy atom. The lowest BCUT2D eigenvalue weighted by Crippen LogP contribution is -2.30. The summed E-state index contributed by atoms with van der Waals surface area (Å²) in [4.78, 5) is 20.3. The number of halogens is 1. The first-order valence-electron chi connectivity index (χ1n) is 8.67. The van der Waals surface area contributed by atoms with Crippen LogP contribution < -0.4 is 20.2 Å². The summed E-state index contributed by atoms with van der Waals surface area (Å²) in [5.41, 5.74) is 4.27. The molecule has 11 nitrogen and oxygen atoms in total. The third-order valence-corrected chi connectivity index (χ3v) is 5.42. The van der Waals surface area contributed by atoms with Gasteiger partial charge >= 0.3 is 5.69 Å². The number of rotatable bonds is 6. The fraction of sp³-hybridized carbons (Fsp3) is 0.235. The smallest absolute Gasteiger partial charge is 0.314 e. The molecule has 0 amide bonds. The molecule has 0 radical (unpaired) electrons. The van der Waals surface area contributed by atoms with Crippen molar-refractivity contribution in [1.82, 2.24) is 20.1 Å². The number of hydrogen-bond donors (Lipinski definition) is 2. The maximum Gasteiger partial charge on any atom is 0.314 e. The standard InChI is InChI=1S/C17H16ClN7O4S/c1-28-12-6-10(25(26)27)13(29-2)5-9(12)15-11(7-21-23-16-19-3-4-20-16)24-8-14(18)30-17(24)22-15/h5-8H,3-4H2,1-2H3,(H2,19,20,23)/b21-7+. The molecule has 3 aromatic rings. The maximum absolute atomic E-state index is 11.4. The molecule has 1 aliphatic rings. The highest BCUT2D eigenvalue weighted by atomic mass is 35.5. The molecule has 0 saturated heterocycles. The lowest BCUT2D eigenvalue weighted by atomic mass is 10.1. The number of nitro groups is 1. The van der Waals surface area contributed by atoms with Crippen LogP contribution in [0.1, 0.15) is 5.69 Å². The third-order valence-electron chi connectivity index (χ3n) is 4.32. The van der Waals surface area contributed by atoms with E-state index in [0.29, 0.717) is 38.8 Å². The number of thiazole rings is 1. The normalized spacial score (nSPS) is 13.5. The Bertz CT molecular complexity index is 1190. The Balaban J connectivity index is 1.85. The fourth-order valence-electron chi connectivity index (χ4n) is 2.99. The van der Waals surface area contributed by atoms with Crippen molar-refractivity contribution in [3.8, 4) is 22.8 Å². The summed E-state index contributed by atoms with van der Waals surface area (Å²) in [6.45, 7) is 1.43. The van der Waals surface area contributed by atoms with Gasteiger partial charge in [0, 0.05) is 24.4 Å². The fourth-order valence-corrected chi connectivity index (χ4v) is 4.02. The molecule has 0 aliphatic carbocycles. The molecule has 4 rings (SSSR count). The summed E-state index contributed by atoms with van der Waals surface area (Å²) >= 11 is 7.43. The van der Waals surface area contributed by atoms with E-state index in [1.165, 1.54) is 37.7 Å². The quantitative estimate of drug-likeness (QED) is 0.336. The molecule has 13 heteroatoms. The average molecular weight is 450 g/mol. The minimum absolute atomic E-state index is 0.0933. The summed E-state index contributed by atoms with van der Waals surface area (Å²) in [5.74, 6) is 0.950. The maximum atomic E-state index is 11.4. The van der Waals surface area contributed by atoms with Gasteiger partial charge in [-0.3, -0.25) is 14.5 Å². The van der Waals surface area contributed by atoms with E-state index in [2.05, 4.69) is 25.8 Å². The van der Waals surface area contributed by atoms with Gasteiger partial charge in [0.15, 0.2) is 10.7 Å². The van der Waals surface area contributed by atoms with Gasteiger partial charge in [0.2, 0.25) is 5.96 Å². The van der Waals surface area contributed by atoms with Crippen LogP contribution in [0, 0.1) is 10.1 Å². The molecule has 0 unspecified atom stereocenters. The Kier molecular flexibility index (Phi) is 5.42. The minimum Gasteiger partial charge on any atom is -0.496 e. The molecule has 0 fully saturated rings. The number of aliphatic imine (C=N–C) groups is 1. The van der Waals surface area contributed by atoms with Gasteiger partial charge < -0.3 is 14.8 Å². The molecule has 0 saturated carbocycles. The molecule has 0 atom stereocenters. The Hall–Kier alpha value is -3.38. The second kappa shape index (κ2) is 8.16. The predicted molar refractivity (Wildman–Crippen MR) is 114 cm³/mol. The summed E-state index contributed by atoms with van der Waals surface area (Å²) in [5, 5.41) is 18.7. The van der Waals surface area contributed by atoms with Crippen LogP contribution in [0.4, 0.5) is 5.69 Å². The van der Waals surface area contributed by atoms with Crippen LogP contribution in [-0.4, -0.2) is 53.8 Å². The van der Waals surface area contributed by atoms with Crippen LogP contribution in [0.15, 0.2) is 28.4 Å². The SMILES string of the molecule is COc1cc([N+](=O)[O-])c(OC)cc1-c1nc2sc(Cl)cn2c1/C=N/NC1=NCCN1. The molecule has 3 heterocycles. The number of guanidine groups is 1. The van der Waals surface area contributed by atoms with E-state index in [1.807, 2.05) is 0 Å². The molecule has 30 heavy (non-hydrogen) atoms. The molecular formula is C17H16ClN7O4S. The lowest BCUT2D eigenvalue weighted by Gasteiger charge is -2.10. The van der Waals surface area contributed by atoms with Crippen LogP contribution in [0.2, 0.25) is 4.34 Å². The van der Waals surface area contributed by atoms with E-state index in [0.717, 1.165) is 6.54 Å². The van der Waals surface area contributed by atoms with Crippen LogP contribution in [0.5, 0.6) is 11.5 Å². The van der Waals surface area contributed by atoms with Crippen molar-refractivity contribution < 1.29 is 14.4 Å². The number of methoxy groups -OCH3 is 2. The highest BCUT2D eigenvalue weighted by Crippen LogP contribution is 2.41. The number of nitro benzene ring substituents is 1. The molecule has 1 aromatic carbocycles. The minimum atomic E-state index is -0.529. The number of benzene rings is 1. The summed E-state index contributed by atoms with van der Waals surface area (Å²) in [7, 11) is 2.80. The van der Waals surface area contributed by atoms with Crippen molar-refractivity contribution in [2.75, 3.05) is 27.3 Å². The average Bonchev–Trinajstić information content (AvgIpc) is 3.44. The Labute approximate surface area is 179 Å². The number of nitrogens with zero attached hydrogens (tertiary/aromatic N) is 5. The predicted octanol–water partition coefficient (Wildman–Crippen LogP) is 2.52. The van der Waals surface area contributed by atoms with Gasteiger partial charge in [-0.05, 0) is 0 Å². The second-order valence-corrected chi connectivity index (χ2v) is 7.68. The molecular weight excluding hydrogens is 434 g/mol. The molecule has 156 valence electrons. The molecule has 0 bridgehead atoms.